The van der Waals surface area contributed by atoms with Crippen molar-refractivity contribution in [2.24, 2.45) is 11.3 Å². The molecule has 1 amide bonds. The predicted molar refractivity (Wildman–Crippen MR) is 74.8 cm³/mol. The molecule has 0 aromatic carbocycles. The molecule has 1 aliphatic carbocycles. The molecule has 0 saturated heterocycles. The van der Waals surface area contributed by atoms with Gasteiger partial charge in [0.1, 0.15) is 6.54 Å². The van der Waals surface area contributed by atoms with Gasteiger partial charge in [-0.2, -0.15) is 0 Å². The predicted octanol–water partition coefficient (Wildman–Crippen LogP) is 2.91. The second-order valence-corrected chi connectivity index (χ2v) is 6.51. The van der Waals surface area contributed by atoms with Crippen molar-refractivity contribution in [1.82, 2.24) is 4.90 Å². The number of hydrogen-bond donors (Lipinski definition) is 1. The number of carbonyl (C=O) groups is 2. The number of carbonyl (C=O) groups excluding carboxylic acids is 1. The summed E-state index contributed by atoms with van der Waals surface area (Å²) < 4.78 is 0. The Morgan fingerprint density at radius 1 is 1.16 bits per heavy atom. The van der Waals surface area contributed by atoms with Crippen LogP contribution in [0.3, 0.4) is 0 Å². The highest BCUT2D eigenvalue weighted by molar-refractivity contribution is 5.86. The van der Waals surface area contributed by atoms with Crippen LogP contribution < -0.4 is 0 Å². The van der Waals surface area contributed by atoms with Crippen LogP contribution in [0.4, 0.5) is 0 Å². The van der Waals surface area contributed by atoms with Gasteiger partial charge in [-0.1, -0.05) is 26.7 Å². The van der Waals surface area contributed by atoms with E-state index in [2.05, 4.69) is 13.8 Å². The minimum Gasteiger partial charge on any atom is -0.480 e. The van der Waals surface area contributed by atoms with Crippen LogP contribution >= 0.6 is 0 Å². The Kier molecular flexibility index (Phi) is 5.39. The van der Waals surface area contributed by atoms with Gasteiger partial charge in [0, 0.05) is 11.5 Å². The third-order valence-corrected chi connectivity index (χ3v) is 4.00. The Bertz CT molecular complexity index is 330. The van der Waals surface area contributed by atoms with Gasteiger partial charge in [0.25, 0.3) is 0 Å². The van der Waals surface area contributed by atoms with Crippen molar-refractivity contribution in [3.63, 3.8) is 0 Å². The smallest absolute Gasteiger partial charge is 0.323 e. The zero-order valence-electron chi connectivity index (χ0n) is 12.6. The van der Waals surface area contributed by atoms with E-state index < -0.39 is 5.97 Å². The molecule has 1 fully saturated rings. The monoisotopic (exact) mass is 269 g/mol. The molecule has 110 valence electrons. The van der Waals surface area contributed by atoms with Crippen LogP contribution in [0.1, 0.15) is 59.8 Å². The maximum absolute atomic E-state index is 12.8. The highest BCUT2D eigenvalue weighted by Crippen LogP contribution is 2.44. The summed E-state index contributed by atoms with van der Waals surface area (Å²) in [4.78, 5) is 25.3. The zero-order valence-corrected chi connectivity index (χ0v) is 12.6. The summed E-state index contributed by atoms with van der Waals surface area (Å²) in [6.45, 7) is 7.85. The van der Waals surface area contributed by atoms with Crippen LogP contribution in [0.25, 0.3) is 0 Å². The maximum atomic E-state index is 12.8. The lowest BCUT2D eigenvalue weighted by molar-refractivity contribution is -0.152. The lowest BCUT2D eigenvalue weighted by Gasteiger charge is -2.37. The molecule has 0 bridgehead atoms. The van der Waals surface area contributed by atoms with Gasteiger partial charge < -0.3 is 10.0 Å². The van der Waals surface area contributed by atoms with Crippen LogP contribution in [-0.2, 0) is 9.59 Å². The van der Waals surface area contributed by atoms with E-state index in [4.69, 9.17) is 5.11 Å². The average Bonchev–Trinajstić information content (AvgIpc) is 2.73. The summed E-state index contributed by atoms with van der Waals surface area (Å²) >= 11 is 0. The van der Waals surface area contributed by atoms with E-state index >= 15 is 0 Å². The Morgan fingerprint density at radius 3 is 2.05 bits per heavy atom. The normalized spacial score (nSPS) is 18.0. The van der Waals surface area contributed by atoms with Gasteiger partial charge in [0.15, 0.2) is 0 Å². The molecule has 1 saturated carbocycles. The molecule has 1 aliphatic rings. The number of rotatable bonds is 6. The Morgan fingerprint density at radius 2 is 1.68 bits per heavy atom. The van der Waals surface area contributed by atoms with Gasteiger partial charge in [-0.05, 0) is 39.0 Å². The van der Waals surface area contributed by atoms with Crippen molar-refractivity contribution in [2.45, 2.75) is 65.8 Å². The summed E-state index contributed by atoms with van der Waals surface area (Å²) in [5.41, 5.74) is -0.312. The summed E-state index contributed by atoms with van der Waals surface area (Å²) in [5, 5.41) is 9.00. The summed E-state index contributed by atoms with van der Waals surface area (Å²) in [6.07, 6.45) is 4.85. The number of carboxylic acid groups (broad SMARTS) is 1. The quantitative estimate of drug-likeness (QED) is 0.806. The Hall–Kier alpha value is -1.06. The molecule has 0 aromatic rings. The van der Waals surface area contributed by atoms with Crippen molar-refractivity contribution < 1.29 is 14.7 Å². The van der Waals surface area contributed by atoms with Gasteiger partial charge in [0.05, 0.1) is 0 Å². The molecule has 0 heterocycles. The number of nitrogens with zero attached hydrogens (tertiary/aromatic N) is 1. The molecule has 0 aromatic heterocycles. The first-order valence-electron chi connectivity index (χ1n) is 7.31. The van der Waals surface area contributed by atoms with Gasteiger partial charge in [-0.15, -0.1) is 0 Å². The van der Waals surface area contributed by atoms with Crippen molar-refractivity contribution >= 4 is 11.9 Å². The lowest BCUT2D eigenvalue weighted by atomic mass is 9.77. The van der Waals surface area contributed by atoms with Crippen LogP contribution in [0.5, 0.6) is 0 Å². The molecule has 0 spiro atoms. The molecule has 0 radical (unpaired) electrons. The minimum absolute atomic E-state index is 0.0519. The molecular weight excluding hydrogens is 242 g/mol. The molecule has 0 aliphatic heterocycles. The minimum atomic E-state index is -0.931. The SMILES string of the molecule is CC(C)CC1(C(=O)N(CC(=O)O)C(C)C)CCCC1. The largest absolute Gasteiger partial charge is 0.480 e. The van der Waals surface area contributed by atoms with Crippen LogP contribution in [0.2, 0.25) is 0 Å². The highest BCUT2D eigenvalue weighted by atomic mass is 16.4. The summed E-state index contributed by atoms with van der Waals surface area (Å²) in [5.74, 6) is -0.420. The van der Waals surface area contributed by atoms with Crippen molar-refractivity contribution in [1.29, 1.82) is 0 Å². The fourth-order valence-electron chi connectivity index (χ4n) is 3.28. The van der Waals surface area contributed by atoms with E-state index in [9.17, 15) is 9.59 Å². The average molecular weight is 269 g/mol. The van der Waals surface area contributed by atoms with Crippen molar-refractivity contribution in [3.8, 4) is 0 Å². The first-order chi connectivity index (χ1) is 8.78. The van der Waals surface area contributed by atoms with Gasteiger partial charge >= 0.3 is 5.97 Å². The molecule has 0 atom stereocenters. The van der Waals surface area contributed by atoms with Gasteiger partial charge in [-0.25, -0.2) is 0 Å². The molecule has 19 heavy (non-hydrogen) atoms. The van der Waals surface area contributed by atoms with E-state index in [1.54, 1.807) is 0 Å². The fourth-order valence-corrected chi connectivity index (χ4v) is 3.28. The summed E-state index contributed by atoms with van der Waals surface area (Å²) in [7, 11) is 0. The van der Waals surface area contributed by atoms with Crippen LogP contribution in [-0.4, -0.2) is 34.5 Å². The summed E-state index contributed by atoms with van der Waals surface area (Å²) in [6, 6.07) is -0.0618. The third-order valence-electron chi connectivity index (χ3n) is 4.00. The second kappa shape index (κ2) is 6.40. The maximum Gasteiger partial charge on any atom is 0.323 e. The van der Waals surface area contributed by atoms with Crippen LogP contribution in [0.15, 0.2) is 0 Å². The Balaban J connectivity index is 2.93. The second-order valence-electron chi connectivity index (χ2n) is 6.51. The topological polar surface area (TPSA) is 57.6 Å². The molecule has 1 rings (SSSR count). The number of hydrogen-bond acceptors (Lipinski definition) is 2. The standard InChI is InChI=1S/C15H27NO3/c1-11(2)9-15(7-5-6-8-15)14(19)16(12(3)4)10-13(17)18/h11-12H,5-10H2,1-4H3,(H,17,18). The zero-order chi connectivity index (χ0) is 14.6. The van der Waals surface area contributed by atoms with E-state index in [-0.39, 0.29) is 23.9 Å². The van der Waals surface area contributed by atoms with Crippen LogP contribution in [0, 0.1) is 11.3 Å². The van der Waals surface area contributed by atoms with Crippen molar-refractivity contribution in [3.05, 3.63) is 0 Å². The number of carboxylic acids is 1. The molecule has 1 N–H and O–H groups in total. The van der Waals surface area contributed by atoms with Gasteiger partial charge in [0.2, 0.25) is 5.91 Å². The molecular formula is C15H27NO3. The van der Waals surface area contributed by atoms with E-state index in [0.29, 0.717) is 5.92 Å². The molecule has 4 heteroatoms. The Labute approximate surface area is 116 Å². The fraction of sp³-hybridized carbons (Fsp3) is 0.867. The third kappa shape index (κ3) is 3.95. The number of aliphatic carboxylic acids is 1. The number of amides is 1. The van der Waals surface area contributed by atoms with Crippen molar-refractivity contribution in [2.75, 3.05) is 6.54 Å². The van der Waals surface area contributed by atoms with E-state index in [0.717, 1.165) is 32.1 Å². The molecule has 0 unspecified atom stereocenters. The van der Waals surface area contributed by atoms with Gasteiger partial charge in [-0.3, -0.25) is 9.59 Å². The highest BCUT2D eigenvalue weighted by Gasteiger charge is 2.44. The first kappa shape index (κ1) is 16.0. The first-order valence-corrected chi connectivity index (χ1v) is 7.31. The lowest BCUT2D eigenvalue weighted by Crippen LogP contribution is -2.48. The molecule has 4 nitrogen and oxygen atoms in total. The van der Waals surface area contributed by atoms with E-state index in [1.807, 2.05) is 13.8 Å². The van der Waals surface area contributed by atoms with E-state index in [1.165, 1.54) is 4.90 Å².